The molecule has 0 aliphatic rings. The first-order chi connectivity index (χ1) is 13.9. The number of carbonyl (C=O) groups excluding carboxylic acids is 2. The Labute approximate surface area is 166 Å². The third-order valence-electron chi connectivity index (χ3n) is 3.89. The highest BCUT2D eigenvalue weighted by Crippen LogP contribution is 2.32. The van der Waals surface area contributed by atoms with Crippen LogP contribution in [0.1, 0.15) is 6.92 Å². The Balaban J connectivity index is 1.79. The van der Waals surface area contributed by atoms with Crippen molar-refractivity contribution in [3.63, 3.8) is 0 Å². The highest BCUT2D eigenvalue weighted by molar-refractivity contribution is 5.88. The van der Waals surface area contributed by atoms with E-state index in [0.717, 1.165) is 17.7 Å². The van der Waals surface area contributed by atoms with E-state index in [1.807, 2.05) is 0 Å². The highest BCUT2D eigenvalue weighted by Gasteiger charge is 2.14. The Hall–Kier alpha value is -3.93. The van der Waals surface area contributed by atoms with Gasteiger partial charge in [-0.25, -0.2) is 14.0 Å². The molecule has 2 aromatic carbocycles. The van der Waals surface area contributed by atoms with E-state index in [9.17, 15) is 14.0 Å². The lowest BCUT2D eigenvalue weighted by atomic mass is 10.1. The topological polar surface area (TPSA) is 65.7 Å². The van der Waals surface area contributed by atoms with Crippen molar-refractivity contribution >= 4 is 11.9 Å². The summed E-state index contributed by atoms with van der Waals surface area (Å²) in [5.41, 5.74) is 1.17. The lowest BCUT2D eigenvalue weighted by Gasteiger charge is -2.06. The van der Waals surface area contributed by atoms with Crippen LogP contribution in [0, 0.1) is 5.82 Å². The van der Waals surface area contributed by atoms with E-state index in [4.69, 9.17) is 13.9 Å². The zero-order valence-corrected chi connectivity index (χ0v) is 15.6. The molecule has 0 amide bonds. The average Bonchev–Trinajstić information content (AvgIpc) is 3.18. The first-order valence-corrected chi connectivity index (χ1v) is 8.59. The minimum absolute atomic E-state index is 0.0793. The predicted molar refractivity (Wildman–Crippen MR) is 106 cm³/mol. The number of carbonyl (C=O) groups is 2. The van der Waals surface area contributed by atoms with E-state index in [1.54, 1.807) is 36.4 Å². The number of furan rings is 1. The van der Waals surface area contributed by atoms with Gasteiger partial charge in [0.05, 0.1) is 5.56 Å². The number of esters is 2. The van der Waals surface area contributed by atoms with Crippen molar-refractivity contribution in [2.24, 2.45) is 0 Å². The predicted octanol–water partition coefficient (Wildman–Crippen LogP) is 5.33. The summed E-state index contributed by atoms with van der Waals surface area (Å²) >= 11 is 0. The zero-order valence-electron chi connectivity index (χ0n) is 15.6. The molecule has 0 saturated carbocycles. The number of rotatable bonds is 6. The summed E-state index contributed by atoms with van der Waals surface area (Å²) in [4.78, 5) is 22.8. The summed E-state index contributed by atoms with van der Waals surface area (Å²) in [6, 6.07) is 14.1. The molecule has 0 saturated heterocycles. The minimum atomic E-state index is -0.625. The summed E-state index contributed by atoms with van der Waals surface area (Å²) < 4.78 is 30.3. The van der Waals surface area contributed by atoms with E-state index >= 15 is 0 Å². The Morgan fingerprint density at radius 1 is 0.966 bits per heavy atom. The Morgan fingerprint density at radius 2 is 1.62 bits per heavy atom. The van der Waals surface area contributed by atoms with E-state index in [-0.39, 0.29) is 16.9 Å². The second kappa shape index (κ2) is 8.39. The molecule has 29 heavy (non-hydrogen) atoms. The van der Waals surface area contributed by atoms with Crippen LogP contribution in [0.3, 0.4) is 0 Å². The molecule has 0 bridgehead atoms. The van der Waals surface area contributed by atoms with Gasteiger partial charge in [0, 0.05) is 23.3 Å². The zero-order chi connectivity index (χ0) is 21.0. The van der Waals surface area contributed by atoms with Crippen LogP contribution in [0.25, 0.3) is 22.6 Å². The standard InChI is InChI=1S/C23H17FO5/c1-4-22(25)27-16-7-5-15(6-8-16)20-11-12-21(29-20)18-10-9-17(13-19(18)24)28-23(26)14(2)3/h4-13H,1-2H2,3H3. The summed E-state index contributed by atoms with van der Waals surface area (Å²) in [6.07, 6.45) is 1.08. The van der Waals surface area contributed by atoms with Gasteiger partial charge >= 0.3 is 11.9 Å². The van der Waals surface area contributed by atoms with Gasteiger partial charge in [-0.1, -0.05) is 13.2 Å². The van der Waals surface area contributed by atoms with Crippen molar-refractivity contribution in [2.75, 3.05) is 0 Å². The van der Waals surface area contributed by atoms with Crippen LogP contribution >= 0.6 is 0 Å². The molecule has 0 spiro atoms. The molecular weight excluding hydrogens is 375 g/mol. The average molecular weight is 392 g/mol. The molecule has 0 N–H and O–H groups in total. The largest absolute Gasteiger partial charge is 0.456 e. The van der Waals surface area contributed by atoms with Crippen molar-refractivity contribution in [3.05, 3.63) is 85.2 Å². The van der Waals surface area contributed by atoms with Gasteiger partial charge in [0.15, 0.2) is 0 Å². The fraction of sp³-hybridized carbons (Fsp3) is 0.0435. The van der Waals surface area contributed by atoms with Crippen molar-refractivity contribution in [2.45, 2.75) is 6.92 Å². The Morgan fingerprint density at radius 3 is 2.24 bits per heavy atom. The fourth-order valence-electron chi connectivity index (χ4n) is 2.44. The molecule has 0 aliphatic heterocycles. The van der Waals surface area contributed by atoms with Crippen LogP contribution in [0.2, 0.25) is 0 Å². The molecule has 5 nitrogen and oxygen atoms in total. The SMILES string of the molecule is C=CC(=O)Oc1ccc(-c2ccc(-c3ccc(OC(=O)C(=C)C)cc3F)o2)cc1. The van der Waals surface area contributed by atoms with Crippen LogP contribution in [-0.2, 0) is 9.59 Å². The van der Waals surface area contributed by atoms with Crippen molar-refractivity contribution < 1.29 is 27.9 Å². The van der Waals surface area contributed by atoms with E-state index in [2.05, 4.69) is 13.2 Å². The molecule has 0 atom stereocenters. The van der Waals surface area contributed by atoms with Gasteiger partial charge in [0.25, 0.3) is 0 Å². The van der Waals surface area contributed by atoms with Gasteiger partial charge < -0.3 is 13.9 Å². The molecule has 0 radical (unpaired) electrons. The van der Waals surface area contributed by atoms with Crippen molar-refractivity contribution in [3.8, 4) is 34.1 Å². The molecule has 3 aromatic rings. The van der Waals surface area contributed by atoms with Gasteiger partial charge in [-0.15, -0.1) is 0 Å². The summed E-state index contributed by atoms with van der Waals surface area (Å²) in [5.74, 6) is -0.488. The third-order valence-corrected chi connectivity index (χ3v) is 3.89. The van der Waals surface area contributed by atoms with Crippen LogP contribution in [0.5, 0.6) is 11.5 Å². The second-order valence-electron chi connectivity index (χ2n) is 6.12. The first-order valence-electron chi connectivity index (χ1n) is 8.59. The monoisotopic (exact) mass is 392 g/mol. The summed E-state index contributed by atoms with van der Waals surface area (Å²) in [6.45, 7) is 8.33. The minimum Gasteiger partial charge on any atom is -0.456 e. The fourth-order valence-corrected chi connectivity index (χ4v) is 2.44. The summed E-state index contributed by atoms with van der Waals surface area (Å²) in [5, 5.41) is 0. The van der Waals surface area contributed by atoms with Crippen molar-refractivity contribution in [1.82, 2.24) is 0 Å². The van der Waals surface area contributed by atoms with E-state index < -0.39 is 17.8 Å². The highest BCUT2D eigenvalue weighted by atomic mass is 19.1. The molecule has 0 fully saturated rings. The van der Waals surface area contributed by atoms with E-state index in [1.165, 1.54) is 19.1 Å². The lowest BCUT2D eigenvalue weighted by Crippen LogP contribution is -2.08. The van der Waals surface area contributed by atoms with Gasteiger partial charge in [-0.3, -0.25) is 0 Å². The maximum Gasteiger partial charge on any atom is 0.338 e. The van der Waals surface area contributed by atoms with Crippen LogP contribution in [0.4, 0.5) is 4.39 Å². The summed E-state index contributed by atoms with van der Waals surface area (Å²) in [7, 11) is 0. The molecular formula is C23H17FO5. The number of hydrogen-bond acceptors (Lipinski definition) is 5. The van der Waals surface area contributed by atoms with Crippen molar-refractivity contribution in [1.29, 1.82) is 0 Å². The van der Waals surface area contributed by atoms with Crippen LogP contribution in [-0.4, -0.2) is 11.9 Å². The smallest absolute Gasteiger partial charge is 0.338 e. The quantitative estimate of drug-likeness (QED) is 0.322. The molecule has 0 unspecified atom stereocenters. The van der Waals surface area contributed by atoms with Crippen LogP contribution < -0.4 is 9.47 Å². The molecule has 1 heterocycles. The van der Waals surface area contributed by atoms with Gasteiger partial charge in [-0.2, -0.15) is 0 Å². The number of benzene rings is 2. The lowest BCUT2D eigenvalue weighted by molar-refractivity contribution is -0.130. The van der Waals surface area contributed by atoms with Crippen LogP contribution in [0.15, 0.2) is 83.8 Å². The Kier molecular flexibility index (Phi) is 5.74. The first kappa shape index (κ1) is 19.8. The third kappa shape index (κ3) is 4.68. The number of halogens is 1. The maximum absolute atomic E-state index is 14.5. The van der Waals surface area contributed by atoms with E-state index in [0.29, 0.717) is 17.3 Å². The molecule has 0 aliphatic carbocycles. The Bertz CT molecular complexity index is 1090. The number of hydrogen-bond donors (Lipinski definition) is 0. The molecule has 6 heteroatoms. The normalized spacial score (nSPS) is 10.3. The van der Waals surface area contributed by atoms with Gasteiger partial charge in [0.1, 0.15) is 28.8 Å². The maximum atomic E-state index is 14.5. The second-order valence-corrected chi connectivity index (χ2v) is 6.12. The molecule has 1 aromatic heterocycles. The van der Waals surface area contributed by atoms with Gasteiger partial charge in [-0.05, 0) is 55.5 Å². The van der Waals surface area contributed by atoms with Gasteiger partial charge in [0.2, 0.25) is 0 Å². The molecule has 3 rings (SSSR count). The molecule has 146 valence electrons. The number of ether oxygens (including phenoxy) is 2.